The van der Waals surface area contributed by atoms with E-state index in [4.69, 9.17) is 0 Å². The average Bonchev–Trinajstić information content (AvgIpc) is 3.65. The SMILES string of the molecule is C=C(/C=C(\C)C(C)N1CCC(c2ccc(C(=O)N3CCC(CN(CCC)C(C)CC)CC3)cc2)CC1)/C(=C\C=NC)n1ccc2c(c1=O)CCN2. The fourth-order valence-electron chi connectivity index (χ4n) is 8.13. The lowest BCUT2D eigenvalue weighted by Gasteiger charge is -2.37. The molecule has 5 rings (SSSR count). The number of pyridine rings is 1. The number of anilines is 1. The van der Waals surface area contributed by atoms with Gasteiger partial charge in [0.05, 0.1) is 5.70 Å². The van der Waals surface area contributed by atoms with Crippen molar-refractivity contribution in [3.05, 3.63) is 93.5 Å². The standard InChI is InChI=1S/C43H62N6O2/c1-8-23-48(33(5)9-2)30-35-16-24-47(25-17-35)42(50)38-12-10-36(11-13-38)37-18-26-46(27-19-37)34(6)31(3)29-32(4)41(15-21-44-7)49-28-20-40-39(43(49)51)14-22-45-40/h10-13,15,20-21,28-29,33-35,37,45H,4,8-9,14,16-19,22-27,30H2,1-3,5-7H3/b31-29+,41-15+,44-21?. The van der Waals surface area contributed by atoms with Gasteiger partial charge in [-0.25, -0.2) is 0 Å². The van der Waals surface area contributed by atoms with Gasteiger partial charge in [0.15, 0.2) is 0 Å². The molecule has 1 amide bonds. The predicted molar refractivity (Wildman–Crippen MR) is 214 cm³/mol. The van der Waals surface area contributed by atoms with E-state index in [1.54, 1.807) is 17.8 Å². The van der Waals surface area contributed by atoms with Gasteiger partial charge in [0.2, 0.25) is 0 Å². The van der Waals surface area contributed by atoms with Gasteiger partial charge in [-0.3, -0.25) is 24.0 Å². The highest BCUT2D eigenvalue weighted by Gasteiger charge is 2.28. The molecule has 1 aromatic heterocycles. The van der Waals surface area contributed by atoms with Crippen molar-refractivity contribution >= 4 is 23.5 Å². The summed E-state index contributed by atoms with van der Waals surface area (Å²) >= 11 is 0. The summed E-state index contributed by atoms with van der Waals surface area (Å²) in [4.78, 5) is 38.2. The Morgan fingerprint density at radius 2 is 1.76 bits per heavy atom. The number of piperidine rings is 2. The van der Waals surface area contributed by atoms with E-state index in [1.165, 1.54) is 30.5 Å². The molecule has 3 aliphatic heterocycles. The number of carbonyl (C=O) groups excluding carboxylic acids is 1. The first-order chi connectivity index (χ1) is 24.6. The van der Waals surface area contributed by atoms with Crippen LogP contribution in [-0.4, -0.2) is 96.3 Å². The number of rotatable bonds is 14. The first-order valence-corrected chi connectivity index (χ1v) is 19.5. The quantitative estimate of drug-likeness (QED) is 0.164. The van der Waals surface area contributed by atoms with Crippen molar-refractivity contribution in [3.63, 3.8) is 0 Å². The molecule has 2 unspecified atom stereocenters. The summed E-state index contributed by atoms with van der Waals surface area (Å²) in [6.07, 6.45) is 15.0. The molecule has 2 fully saturated rings. The van der Waals surface area contributed by atoms with Gasteiger partial charge in [0.25, 0.3) is 11.5 Å². The summed E-state index contributed by atoms with van der Waals surface area (Å²) in [6.45, 7) is 22.6. The van der Waals surface area contributed by atoms with Gasteiger partial charge < -0.3 is 15.1 Å². The molecule has 2 aromatic rings. The molecule has 1 aromatic carbocycles. The molecule has 8 heteroatoms. The number of hydrogen-bond acceptors (Lipinski definition) is 6. The highest BCUT2D eigenvalue weighted by atomic mass is 16.2. The molecule has 276 valence electrons. The van der Waals surface area contributed by atoms with Crippen LogP contribution in [0.25, 0.3) is 5.70 Å². The fraction of sp³-hybridized carbons (Fsp3) is 0.558. The van der Waals surface area contributed by atoms with Gasteiger partial charge in [-0.2, -0.15) is 0 Å². The monoisotopic (exact) mass is 694 g/mol. The van der Waals surface area contributed by atoms with Crippen LogP contribution < -0.4 is 10.9 Å². The lowest BCUT2D eigenvalue weighted by atomic mass is 9.88. The van der Waals surface area contributed by atoms with Crippen molar-refractivity contribution in [1.29, 1.82) is 0 Å². The minimum atomic E-state index is -0.000506. The number of nitrogens with zero attached hydrogens (tertiary/aromatic N) is 5. The summed E-state index contributed by atoms with van der Waals surface area (Å²) < 4.78 is 1.70. The number of likely N-dealkylation sites (tertiary alicyclic amines) is 2. The Hall–Kier alpha value is -3.75. The van der Waals surface area contributed by atoms with Crippen LogP contribution in [0.4, 0.5) is 5.69 Å². The van der Waals surface area contributed by atoms with E-state index >= 15 is 0 Å². The minimum absolute atomic E-state index is 0.000506. The number of hydrogen-bond donors (Lipinski definition) is 1. The molecule has 2 atom stereocenters. The van der Waals surface area contributed by atoms with E-state index in [2.05, 4.69) is 96.5 Å². The van der Waals surface area contributed by atoms with Crippen LogP contribution in [0.3, 0.4) is 0 Å². The van der Waals surface area contributed by atoms with Gasteiger partial charge in [0.1, 0.15) is 0 Å². The molecule has 0 aliphatic carbocycles. The molecule has 0 saturated carbocycles. The van der Waals surface area contributed by atoms with Crippen LogP contribution in [0, 0.1) is 5.92 Å². The summed E-state index contributed by atoms with van der Waals surface area (Å²) in [5.74, 6) is 1.35. The minimum Gasteiger partial charge on any atom is -0.384 e. The number of benzene rings is 1. The van der Waals surface area contributed by atoms with E-state index in [1.807, 2.05) is 18.3 Å². The van der Waals surface area contributed by atoms with E-state index in [-0.39, 0.29) is 17.5 Å². The zero-order valence-corrected chi connectivity index (χ0v) is 32.2. The number of nitrogens with one attached hydrogen (secondary N) is 1. The molecule has 0 spiro atoms. The van der Waals surface area contributed by atoms with E-state index in [9.17, 15) is 9.59 Å². The maximum atomic E-state index is 13.4. The number of amides is 1. The Labute approximate surface area is 307 Å². The van der Waals surface area contributed by atoms with Crippen molar-refractivity contribution in [1.82, 2.24) is 19.3 Å². The topological polar surface area (TPSA) is 73.2 Å². The molecular formula is C43H62N6O2. The van der Waals surface area contributed by atoms with Crippen molar-refractivity contribution in [2.75, 3.05) is 58.2 Å². The summed E-state index contributed by atoms with van der Waals surface area (Å²) in [5, 5.41) is 3.29. The highest BCUT2D eigenvalue weighted by Crippen LogP contribution is 2.31. The van der Waals surface area contributed by atoms with Crippen molar-refractivity contribution in [2.45, 2.75) is 97.6 Å². The summed E-state index contributed by atoms with van der Waals surface area (Å²) in [7, 11) is 1.73. The molecule has 0 bridgehead atoms. The zero-order chi connectivity index (χ0) is 36.5. The summed E-state index contributed by atoms with van der Waals surface area (Å²) in [6, 6.07) is 11.3. The second-order valence-electron chi connectivity index (χ2n) is 15.0. The van der Waals surface area contributed by atoms with Crippen LogP contribution >= 0.6 is 0 Å². The predicted octanol–water partition coefficient (Wildman–Crippen LogP) is 7.49. The molecule has 4 heterocycles. The number of carbonyl (C=O) groups is 1. The van der Waals surface area contributed by atoms with Crippen LogP contribution in [0.15, 0.2) is 76.2 Å². The highest BCUT2D eigenvalue weighted by molar-refractivity contribution is 5.94. The number of aromatic nitrogens is 1. The fourth-order valence-corrected chi connectivity index (χ4v) is 8.13. The Morgan fingerprint density at radius 3 is 2.41 bits per heavy atom. The third-order valence-electron chi connectivity index (χ3n) is 11.7. The number of allylic oxidation sites excluding steroid dienone is 4. The van der Waals surface area contributed by atoms with Crippen molar-refractivity contribution in [2.24, 2.45) is 10.9 Å². The second kappa shape index (κ2) is 18.1. The Kier molecular flexibility index (Phi) is 13.7. The lowest BCUT2D eigenvalue weighted by molar-refractivity contribution is 0.0651. The normalized spacial score (nSPS) is 19.4. The van der Waals surface area contributed by atoms with E-state index in [0.29, 0.717) is 17.9 Å². The van der Waals surface area contributed by atoms with E-state index < -0.39 is 0 Å². The first kappa shape index (κ1) is 38.5. The maximum absolute atomic E-state index is 13.4. The summed E-state index contributed by atoms with van der Waals surface area (Å²) in [5.41, 5.74) is 6.65. The Bertz CT molecular complexity index is 1640. The van der Waals surface area contributed by atoms with E-state index in [0.717, 1.165) is 99.5 Å². The smallest absolute Gasteiger partial charge is 0.260 e. The molecular weight excluding hydrogens is 633 g/mol. The molecule has 8 nitrogen and oxygen atoms in total. The average molecular weight is 695 g/mol. The Balaban J connectivity index is 1.13. The Morgan fingerprint density at radius 1 is 1.06 bits per heavy atom. The van der Waals surface area contributed by atoms with Crippen LogP contribution in [0.2, 0.25) is 0 Å². The third kappa shape index (κ3) is 9.38. The lowest BCUT2D eigenvalue weighted by Crippen LogP contribution is -2.43. The van der Waals surface area contributed by atoms with Crippen molar-refractivity contribution < 1.29 is 4.79 Å². The molecule has 3 aliphatic rings. The van der Waals surface area contributed by atoms with Gasteiger partial charge >= 0.3 is 0 Å². The third-order valence-corrected chi connectivity index (χ3v) is 11.7. The number of aliphatic imine (C=N–C) groups is 1. The molecule has 0 radical (unpaired) electrons. The zero-order valence-electron chi connectivity index (χ0n) is 32.2. The molecule has 2 saturated heterocycles. The molecule has 51 heavy (non-hydrogen) atoms. The van der Waals surface area contributed by atoms with Gasteiger partial charge in [-0.05, 0) is 133 Å². The first-order valence-electron chi connectivity index (χ1n) is 19.5. The largest absolute Gasteiger partial charge is 0.384 e. The van der Waals surface area contributed by atoms with Crippen LogP contribution in [0.1, 0.15) is 101 Å². The van der Waals surface area contributed by atoms with Gasteiger partial charge in [-0.1, -0.05) is 44.2 Å². The second-order valence-corrected chi connectivity index (χ2v) is 15.0. The number of fused-ring (bicyclic) bond motifs is 1. The maximum Gasteiger partial charge on any atom is 0.260 e. The molecule has 1 N–H and O–H groups in total. The van der Waals surface area contributed by atoms with Gasteiger partial charge in [-0.15, -0.1) is 0 Å². The van der Waals surface area contributed by atoms with Crippen LogP contribution in [0.5, 0.6) is 0 Å². The van der Waals surface area contributed by atoms with Crippen molar-refractivity contribution in [3.8, 4) is 0 Å². The van der Waals surface area contributed by atoms with Crippen LogP contribution in [-0.2, 0) is 6.42 Å². The van der Waals surface area contributed by atoms with Gasteiger partial charge in [0, 0.05) is 74.5 Å².